The third-order valence-corrected chi connectivity index (χ3v) is 6.83. The Bertz CT molecular complexity index is 1220. The molecule has 0 bridgehead atoms. The van der Waals surface area contributed by atoms with Gasteiger partial charge in [-0.25, -0.2) is 8.42 Å². The molecular formula is C23H24ClN3O2S2. The molecule has 0 aromatic heterocycles. The molecule has 0 heterocycles. The molecule has 0 saturated heterocycles. The molecule has 0 aliphatic rings. The molecule has 0 aliphatic heterocycles. The van der Waals surface area contributed by atoms with Crippen LogP contribution in [-0.2, 0) is 10.0 Å². The van der Waals surface area contributed by atoms with E-state index in [2.05, 4.69) is 15.4 Å². The van der Waals surface area contributed by atoms with Crippen LogP contribution in [-0.4, -0.2) is 13.5 Å². The summed E-state index contributed by atoms with van der Waals surface area (Å²) in [6, 6.07) is 15.8. The normalized spacial score (nSPS) is 11.1. The van der Waals surface area contributed by atoms with Gasteiger partial charge in [-0.05, 0) is 93.0 Å². The van der Waals surface area contributed by atoms with Crippen molar-refractivity contribution in [2.24, 2.45) is 0 Å². The Labute approximate surface area is 193 Å². The van der Waals surface area contributed by atoms with Crippen molar-refractivity contribution in [3.8, 4) is 0 Å². The highest BCUT2D eigenvalue weighted by atomic mass is 35.5. The van der Waals surface area contributed by atoms with Gasteiger partial charge in [0.25, 0.3) is 10.0 Å². The summed E-state index contributed by atoms with van der Waals surface area (Å²) in [6.45, 7) is 7.66. The fraction of sp³-hybridized carbons (Fsp3) is 0.174. The number of anilines is 3. The second kappa shape index (κ2) is 9.26. The van der Waals surface area contributed by atoms with E-state index in [-0.39, 0.29) is 4.90 Å². The maximum Gasteiger partial charge on any atom is 0.261 e. The minimum absolute atomic E-state index is 0.169. The molecule has 0 spiro atoms. The van der Waals surface area contributed by atoms with Crippen molar-refractivity contribution in [2.45, 2.75) is 32.6 Å². The van der Waals surface area contributed by atoms with E-state index in [4.69, 9.17) is 23.8 Å². The number of hydrogen-bond donors (Lipinski definition) is 3. The van der Waals surface area contributed by atoms with Gasteiger partial charge in [-0.2, -0.15) is 0 Å². The van der Waals surface area contributed by atoms with Crippen molar-refractivity contribution >= 4 is 56.0 Å². The minimum Gasteiger partial charge on any atom is -0.332 e. The fourth-order valence-electron chi connectivity index (χ4n) is 3.28. The largest absolute Gasteiger partial charge is 0.332 e. The smallest absolute Gasteiger partial charge is 0.261 e. The zero-order valence-corrected chi connectivity index (χ0v) is 20.1. The van der Waals surface area contributed by atoms with Gasteiger partial charge in [-0.1, -0.05) is 35.4 Å². The molecule has 0 atom stereocenters. The van der Waals surface area contributed by atoms with E-state index in [0.717, 1.165) is 27.9 Å². The molecule has 0 saturated carbocycles. The van der Waals surface area contributed by atoms with Crippen LogP contribution in [0.2, 0.25) is 5.02 Å². The molecule has 3 N–H and O–H groups in total. The topological polar surface area (TPSA) is 70.2 Å². The molecule has 5 nitrogen and oxygen atoms in total. The highest BCUT2D eigenvalue weighted by molar-refractivity contribution is 7.92. The zero-order chi connectivity index (χ0) is 22.8. The lowest BCUT2D eigenvalue weighted by molar-refractivity contribution is 0.601. The summed E-state index contributed by atoms with van der Waals surface area (Å²) in [4.78, 5) is 0.169. The molecular weight excluding hydrogens is 450 g/mol. The first-order valence-corrected chi connectivity index (χ1v) is 11.9. The van der Waals surface area contributed by atoms with Gasteiger partial charge in [-0.15, -0.1) is 0 Å². The Kier molecular flexibility index (Phi) is 6.89. The number of benzene rings is 3. The van der Waals surface area contributed by atoms with Crippen molar-refractivity contribution in [3.05, 3.63) is 81.9 Å². The summed E-state index contributed by atoms with van der Waals surface area (Å²) in [5.41, 5.74) is 5.82. The number of halogens is 1. The van der Waals surface area contributed by atoms with Gasteiger partial charge in [-0.3, -0.25) is 4.72 Å². The van der Waals surface area contributed by atoms with E-state index in [9.17, 15) is 8.42 Å². The molecule has 31 heavy (non-hydrogen) atoms. The van der Waals surface area contributed by atoms with Gasteiger partial charge in [0.1, 0.15) is 0 Å². The lowest BCUT2D eigenvalue weighted by Gasteiger charge is -2.15. The average molecular weight is 474 g/mol. The highest BCUT2D eigenvalue weighted by Crippen LogP contribution is 2.26. The number of aryl methyl sites for hydroxylation is 3. The van der Waals surface area contributed by atoms with Gasteiger partial charge in [0.15, 0.2) is 5.11 Å². The Morgan fingerprint density at radius 3 is 2.13 bits per heavy atom. The third kappa shape index (κ3) is 5.55. The summed E-state index contributed by atoms with van der Waals surface area (Å²) in [5, 5.41) is 7.18. The summed E-state index contributed by atoms with van der Waals surface area (Å²) < 4.78 is 28.4. The van der Waals surface area contributed by atoms with Crippen LogP contribution in [0.4, 0.5) is 17.1 Å². The second-order valence-electron chi connectivity index (χ2n) is 7.40. The van der Waals surface area contributed by atoms with E-state index in [0.29, 0.717) is 21.5 Å². The van der Waals surface area contributed by atoms with Gasteiger partial charge in [0.2, 0.25) is 0 Å². The quantitative estimate of drug-likeness (QED) is 0.386. The number of thiocarbonyl (C=S) groups is 1. The molecule has 8 heteroatoms. The van der Waals surface area contributed by atoms with Gasteiger partial charge in [0.05, 0.1) is 10.6 Å². The second-order valence-corrected chi connectivity index (χ2v) is 9.89. The van der Waals surface area contributed by atoms with Crippen LogP contribution in [0.1, 0.15) is 22.3 Å². The maximum atomic E-state index is 12.9. The molecule has 0 radical (unpaired) electrons. The number of sulfonamides is 1. The van der Waals surface area contributed by atoms with Crippen LogP contribution in [0, 0.1) is 27.7 Å². The van der Waals surface area contributed by atoms with Crippen molar-refractivity contribution in [1.29, 1.82) is 0 Å². The first-order valence-electron chi connectivity index (χ1n) is 9.60. The van der Waals surface area contributed by atoms with Crippen LogP contribution >= 0.6 is 23.8 Å². The Hall–Kier alpha value is -2.61. The Morgan fingerprint density at radius 1 is 0.903 bits per heavy atom. The van der Waals surface area contributed by atoms with Crippen molar-refractivity contribution in [2.75, 3.05) is 15.4 Å². The first kappa shape index (κ1) is 23.1. The van der Waals surface area contributed by atoms with E-state index >= 15 is 0 Å². The summed E-state index contributed by atoms with van der Waals surface area (Å²) in [5.74, 6) is 0. The molecule has 0 unspecified atom stereocenters. The zero-order valence-electron chi connectivity index (χ0n) is 17.7. The molecule has 162 valence electrons. The average Bonchev–Trinajstić information content (AvgIpc) is 2.69. The maximum absolute atomic E-state index is 12.9. The van der Waals surface area contributed by atoms with Crippen molar-refractivity contribution in [1.82, 2.24) is 0 Å². The van der Waals surface area contributed by atoms with Crippen LogP contribution in [0.25, 0.3) is 0 Å². The Balaban J connectivity index is 1.72. The summed E-state index contributed by atoms with van der Waals surface area (Å²) >= 11 is 11.5. The molecule has 0 amide bonds. The van der Waals surface area contributed by atoms with E-state index in [1.54, 1.807) is 12.1 Å². The van der Waals surface area contributed by atoms with Crippen molar-refractivity contribution in [3.63, 3.8) is 0 Å². The van der Waals surface area contributed by atoms with E-state index < -0.39 is 10.0 Å². The van der Waals surface area contributed by atoms with Crippen LogP contribution < -0.4 is 15.4 Å². The van der Waals surface area contributed by atoms with Gasteiger partial charge < -0.3 is 10.6 Å². The van der Waals surface area contributed by atoms with Crippen LogP contribution in [0.5, 0.6) is 0 Å². The Morgan fingerprint density at radius 2 is 1.52 bits per heavy atom. The monoisotopic (exact) mass is 473 g/mol. The predicted molar refractivity (Wildman–Crippen MR) is 134 cm³/mol. The summed E-state index contributed by atoms with van der Waals surface area (Å²) in [7, 11) is -3.72. The lowest BCUT2D eigenvalue weighted by atomic mass is 10.1. The molecule has 0 fully saturated rings. The standard InChI is InChI=1S/C23H24ClN3O2S2/c1-14-12-15(2)22(16(3)13-14)27-31(28,29)19-10-8-18(9-11-19)25-23(30)26-21-7-5-6-20(24)17(21)4/h5-13,27H,1-4H3,(H2,25,26,30). The predicted octanol–water partition coefficient (Wildman–Crippen LogP) is 6.18. The van der Waals surface area contributed by atoms with Crippen LogP contribution in [0.15, 0.2) is 59.5 Å². The van der Waals surface area contributed by atoms with Gasteiger partial charge >= 0.3 is 0 Å². The minimum atomic E-state index is -3.72. The molecule has 0 aliphatic carbocycles. The third-order valence-electron chi connectivity index (χ3n) is 4.85. The number of hydrogen-bond acceptors (Lipinski definition) is 3. The van der Waals surface area contributed by atoms with E-state index in [1.165, 1.54) is 12.1 Å². The first-order chi connectivity index (χ1) is 14.6. The van der Waals surface area contributed by atoms with Crippen molar-refractivity contribution < 1.29 is 8.42 Å². The number of rotatable bonds is 5. The molecule has 3 rings (SSSR count). The van der Waals surface area contributed by atoms with Gasteiger partial charge in [0, 0.05) is 16.4 Å². The molecule has 3 aromatic carbocycles. The lowest BCUT2D eigenvalue weighted by Crippen LogP contribution is -2.20. The fourth-order valence-corrected chi connectivity index (χ4v) is 4.88. The molecule has 3 aromatic rings. The van der Waals surface area contributed by atoms with Crippen LogP contribution in [0.3, 0.4) is 0 Å². The van der Waals surface area contributed by atoms with E-state index in [1.807, 2.05) is 58.0 Å². The SMILES string of the molecule is Cc1cc(C)c(NS(=O)(=O)c2ccc(NC(=S)Nc3cccc(Cl)c3C)cc2)c(C)c1. The summed E-state index contributed by atoms with van der Waals surface area (Å²) in [6.07, 6.45) is 0. The highest BCUT2D eigenvalue weighted by Gasteiger charge is 2.17. The number of nitrogens with one attached hydrogen (secondary N) is 3.